The number of hydrogen-bond acceptors (Lipinski definition) is 6. The summed E-state index contributed by atoms with van der Waals surface area (Å²) in [6.45, 7) is 2.99. The molecular weight excluding hydrogens is 370 g/mol. The average Bonchev–Trinajstić information content (AvgIpc) is 3.37. The van der Waals surface area contributed by atoms with Crippen LogP contribution >= 0.6 is 0 Å². The molecule has 1 aliphatic heterocycles. The van der Waals surface area contributed by atoms with Gasteiger partial charge < -0.3 is 15.2 Å². The Labute approximate surface area is 167 Å². The fraction of sp³-hybridized carbons (Fsp3) is 0.238. The van der Waals surface area contributed by atoms with Crippen LogP contribution in [-0.4, -0.2) is 45.0 Å². The van der Waals surface area contributed by atoms with Crippen LogP contribution in [0, 0.1) is 18.3 Å². The Hall–Kier alpha value is -3.70. The Kier molecular flexibility index (Phi) is 4.97. The number of nitriles is 1. The number of carbonyl (C=O) groups excluding carboxylic acids is 1. The van der Waals surface area contributed by atoms with Crippen LogP contribution in [0.3, 0.4) is 0 Å². The molecule has 0 aliphatic carbocycles. The molecule has 0 spiro atoms. The number of rotatable bonds is 4. The summed E-state index contributed by atoms with van der Waals surface area (Å²) >= 11 is 0. The second-order valence-corrected chi connectivity index (χ2v) is 6.87. The molecule has 4 rings (SSSR count). The number of amides is 1. The highest BCUT2D eigenvalue weighted by molar-refractivity contribution is 5.95. The molecule has 3 aromatic rings. The van der Waals surface area contributed by atoms with Crippen LogP contribution in [0.15, 0.2) is 42.7 Å². The number of aromatic nitrogens is 3. The molecule has 1 fully saturated rings. The fourth-order valence-corrected chi connectivity index (χ4v) is 3.24. The lowest BCUT2D eigenvalue weighted by Crippen LogP contribution is -2.35. The third-order valence-electron chi connectivity index (χ3n) is 4.89. The summed E-state index contributed by atoms with van der Waals surface area (Å²) in [5, 5.41) is 26.7. The molecule has 0 radical (unpaired) electrons. The first-order valence-corrected chi connectivity index (χ1v) is 9.20. The zero-order valence-corrected chi connectivity index (χ0v) is 15.8. The van der Waals surface area contributed by atoms with E-state index in [2.05, 4.69) is 21.5 Å². The van der Waals surface area contributed by atoms with Crippen LogP contribution in [0.1, 0.15) is 27.9 Å². The van der Waals surface area contributed by atoms with Gasteiger partial charge in [-0.15, -0.1) is 0 Å². The first kappa shape index (κ1) is 18.7. The normalized spacial score (nSPS) is 15.8. The first-order valence-electron chi connectivity index (χ1n) is 9.20. The average molecular weight is 389 g/mol. The molecule has 1 aromatic carbocycles. The van der Waals surface area contributed by atoms with Gasteiger partial charge in [0.1, 0.15) is 0 Å². The molecule has 2 aromatic heterocycles. The third-order valence-corrected chi connectivity index (χ3v) is 4.89. The van der Waals surface area contributed by atoms with E-state index >= 15 is 0 Å². The highest BCUT2D eigenvalue weighted by atomic mass is 16.5. The highest BCUT2D eigenvalue weighted by Gasteiger charge is 2.21. The largest absolute Gasteiger partial charge is 0.493 e. The molecule has 2 N–H and O–H groups in total. The van der Waals surface area contributed by atoms with Gasteiger partial charge in [-0.2, -0.15) is 15.0 Å². The molecule has 1 saturated heterocycles. The minimum absolute atomic E-state index is 0.0201. The minimum atomic E-state index is -0.194. The van der Waals surface area contributed by atoms with Gasteiger partial charge in [0.15, 0.2) is 5.82 Å². The lowest BCUT2D eigenvalue weighted by atomic mass is 10.1. The second-order valence-electron chi connectivity index (χ2n) is 6.87. The summed E-state index contributed by atoms with van der Waals surface area (Å²) in [7, 11) is 0. The quantitative estimate of drug-likeness (QED) is 0.708. The summed E-state index contributed by atoms with van der Waals surface area (Å²) in [5.74, 6) is 0.141. The lowest BCUT2D eigenvalue weighted by Gasteiger charge is -2.12. The van der Waals surface area contributed by atoms with Crippen molar-refractivity contribution in [3.8, 4) is 28.9 Å². The van der Waals surface area contributed by atoms with E-state index in [-0.39, 0.29) is 17.8 Å². The van der Waals surface area contributed by atoms with Crippen molar-refractivity contribution >= 4 is 5.91 Å². The van der Waals surface area contributed by atoms with Gasteiger partial charge in [-0.05, 0) is 42.7 Å². The number of pyridine rings is 1. The van der Waals surface area contributed by atoms with Crippen molar-refractivity contribution in [2.45, 2.75) is 19.4 Å². The molecule has 3 heterocycles. The van der Waals surface area contributed by atoms with Crippen molar-refractivity contribution in [2.24, 2.45) is 0 Å². The molecule has 1 aliphatic rings. The van der Waals surface area contributed by atoms with Crippen molar-refractivity contribution < 1.29 is 14.6 Å². The van der Waals surface area contributed by atoms with E-state index in [0.717, 1.165) is 17.5 Å². The van der Waals surface area contributed by atoms with Crippen LogP contribution < -0.4 is 5.32 Å². The van der Waals surface area contributed by atoms with Crippen molar-refractivity contribution in [3.05, 3.63) is 59.4 Å². The van der Waals surface area contributed by atoms with Crippen molar-refractivity contribution in [1.29, 1.82) is 5.26 Å². The van der Waals surface area contributed by atoms with Crippen LogP contribution in [0.25, 0.3) is 16.9 Å². The third kappa shape index (κ3) is 3.68. The van der Waals surface area contributed by atoms with Crippen LogP contribution in [0.4, 0.5) is 0 Å². The van der Waals surface area contributed by atoms with E-state index in [1.54, 1.807) is 30.3 Å². The Morgan fingerprint density at radius 1 is 1.34 bits per heavy atom. The van der Waals surface area contributed by atoms with E-state index in [0.29, 0.717) is 35.7 Å². The topological polar surface area (TPSA) is 113 Å². The molecule has 0 bridgehead atoms. The van der Waals surface area contributed by atoms with E-state index in [4.69, 9.17) is 10.00 Å². The SMILES string of the molecule is Cc1cc(-n2ncc(-c3ccc(C#N)cc3)c2O)ncc1C(=O)NC1CCOC1. The van der Waals surface area contributed by atoms with Gasteiger partial charge >= 0.3 is 0 Å². The van der Waals surface area contributed by atoms with Gasteiger partial charge in [0.25, 0.3) is 5.91 Å². The zero-order chi connectivity index (χ0) is 20.4. The number of nitrogens with one attached hydrogen (secondary N) is 1. The maximum Gasteiger partial charge on any atom is 0.253 e. The summed E-state index contributed by atoms with van der Waals surface area (Å²) in [4.78, 5) is 16.8. The van der Waals surface area contributed by atoms with E-state index in [1.807, 2.05) is 6.92 Å². The van der Waals surface area contributed by atoms with E-state index in [9.17, 15) is 9.90 Å². The molecule has 1 atom stereocenters. The molecule has 0 saturated carbocycles. The number of aromatic hydroxyl groups is 1. The minimum Gasteiger partial charge on any atom is -0.493 e. The van der Waals surface area contributed by atoms with Crippen LogP contribution in [0.5, 0.6) is 5.88 Å². The van der Waals surface area contributed by atoms with Gasteiger partial charge in [0.05, 0.1) is 41.6 Å². The van der Waals surface area contributed by atoms with E-state index in [1.165, 1.54) is 17.1 Å². The van der Waals surface area contributed by atoms with Gasteiger partial charge in [-0.25, -0.2) is 4.98 Å². The van der Waals surface area contributed by atoms with Gasteiger partial charge in [-0.1, -0.05) is 12.1 Å². The molecule has 146 valence electrons. The first-order chi connectivity index (χ1) is 14.1. The molecule has 1 unspecified atom stereocenters. The molecule has 8 heteroatoms. The second kappa shape index (κ2) is 7.73. The summed E-state index contributed by atoms with van der Waals surface area (Å²) in [6, 6.07) is 10.6. The Balaban J connectivity index is 1.58. The molecule has 29 heavy (non-hydrogen) atoms. The summed E-state index contributed by atoms with van der Waals surface area (Å²) in [5.41, 5.74) is 2.99. The van der Waals surface area contributed by atoms with Crippen molar-refractivity contribution in [2.75, 3.05) is 13.2 Å². The lowest BCUT2D eigenvalue weighted by molar-refractivity contribution is 0.0929. The standard InChI is InChI=1S/C21H19N5O3/c1-13-8-19(23-10-17(13)20(27)25-16-6-7-29-12-16)26-21(28)18(11-24-26)15-4-2-14(9-22)3-5-15/h2-5,8,10-11,16,28H,6-7,12H2,1H3,(H,25,27). The Morgan fingerprint density at radius 3 is 2.79 bits per heavy atom. The maximum atomic E-state index is 12.5. The van der Waals surface area contributed by atoms with Crippen molar-refractivity contribution in [3.63, 3.8) is 0 Å². The van der Waals surface area contributed by atoms with E-state index < -0.39 is 0 Å². The number of ether oxygens (including phenoxy) is 1. The monoisotopic (exact) mass is 389 g/mol. The van der Waals surface area contributed by atoms with Gasteiger partial charge in [-0.3, -0.25) is 4.79 Å². The maximum absolute atomic E-state index is 12.5. The van der Waals surface area contributed by atoms with Gasteiger partial charge in [0, 0.05) is 12.8 Å². The van der Waals surface area contributed by atoms with Gasteiger partial charge in [0.2, 0.25) is 5.88 Å². The highest BCUT2D eigenvalue weighted by Crippen LogP contribution is 2.30. The molecule has 1 amide bonds. The fourth-order valence-electron chi connectivity index (χ4n) is 3.24. The Morgan fingerprint density at radius 2 is 2.14 bits per heavy atom. The number of aryl methyl sites for hydroxylation is 1. The zero-order valence-electron chi connectivity index (χ0n) is 15.8. The van der Waals surface area contributed by atoms with Crippen LogP contribution in [-0.2, 0) is 4.74 Å². The molecular formula is C21H19N5O3. The number of carbonyl (C=O) groups is 1. The van der Waals surface area contributed by atoms with Crippen molar-refractivity contribution in [1.82, 2.24) is 20.1 Å². The summed E-state index contributed by atoms with van der Waals surface area (Å²) in [6.07, 6.45) is 3.82. The number of hydrogen-bond donors (Lipinski definition) is 2. The predicted molar refractivity (Wildman–Crippen MR) is 105 cm³/mol. The molecule has 8 nitrogen and oxygen atoms in total. The predicted octanol–water partition coefficient (Wildman–Crippen LogP) is 2.34. The number of nitrogens with zero attached hydrogens (tertiary/aromatic N) is 4. The summed E-state index contributed by atoms with van der Waals surface area (Å²) < 4.78 is 6.59. The Bertz CT molecular complexity index is 1090. The number of benzene rings is 1. The van der Waals surface area contributed by atoms with Crippen LogP contribution in [0.2, 0.25) is 0 Å². The smallest absolute Gasteiger partial charge is 0.253 e.